The third kappa shape index (κ3) is 4.15. The molecule has 1 heterocycles. The van der Waals surface area contributed by atoms with Gasteiger partial charge in [0.25, 0.3) is 5.91 Å². The molecule has 1 aliphatic heterocycles. The Labute approximate surface area is 172 Å². The van der Waals surface area contributed by atoms with Gasteiger partial charge in [0.05, 0.1) is 0 Å². The highest BCUT2D eigenvalue weighted by Gasteiger charge is 2.52. The first-order chi connectivity index (χ1) is 13.5. The van der Waals surface area contributed by atoms with Crippen molar-refractivity contribution in [1.82, 2.24) is 15.8 Å². The number of urea groups is 1. The molecule has 0 bridgehead atoms. The SMILES string of the molecule is CC[C@@]1(c2ccccc2)NC(=O)N(NC(=O)CCSc2ccc(Cl)cc2)C1=O. The molecular weight excluding hydrogens is 398 g/mol. The van der Waals surface area contributed by atoms with Crippen molar-refractivity contribution in [3.05, 3.63) is 65.2 Å². The molecule has 0 aliphatic carbocycles. The first kappa shape index (κ1) is 20.2. The molecule has 0 spiro atoms. The van der Waals surface area contributed by atoms with E-state index in [1.165, 1.54) is 11.8 Å². The lowest BCUT2D eigenvalue weighted by Crippen LogP contribution is -2.48. The largest absolute Gasteiger partial charge is 0.344 e. The molecule has 2 aromatic carbocycles. The molecule has 0 unspecified atom stereocenters. The maximum atomic E-state index is 12.9. The van der Waals surface area contributed by atoms with Crippen molar-refractivity contribution in [3.8, 4) is 0 Å². The predicted octanol–water partition coefficient (Wildman–Crippen LogP) is 3.71. The minimum Gasteiger partial charge on any atom is -0.318 e. The number of hydrogen-bond acceptors (Lipinski definition) is 4. The number of rotatable bonds is 7. The van der Waals surface area contributed by atoms with Crippen LogP contribution in [-0.2, 0) is 15.1 Å². The molecule has 1 aliphatic rings. The summed E-state index contributed by atoms with van der Waals surface area (Å²) >= 11 is 7.34. The number of nitrogens with zero attached hydrogens (tertiary/aromatic N) is 1. The summed E-state index contributed by atoms with van der Waals surface area (Å²) in [5, 5.41) is 4.17. The maximum Gasteiger partial charge on any atom is 0.344 e. The molecule has 8 heteroatoms. The average Bonchev–Trinajstić information content (AvgIpc) is 2.95. The quantitative estimate of drug-likeness (QED) is 0.531. The van der Waals surface area contributed by atoms with Crippen molar-refractivity contribution in [2.24, 2.45) is 0 Å². The van der Waals surface area contributed by atoms with Crippen molar-refractivity contribution in [1.29, 1.82) is 0 Å². The summed E-state index contributed by atoms with van der Waals surface area (Å²) in [6, 6.07) is 15.7. The van der Waals surface area contributed by atoms with Crippen LogP contribution in [-0.4, -0.2) is 28.6 Å². The van der Waals surface area contributed by atoms with E-state index in [1.54, 1.807) is 36.4 Å². The fourth-order valence-electron chi connectivity index (χ4n) is 3.01. The second-order valence-corrected chi connectivity index (χ2v) is 7.89. The van der Waals surface area contributed by atoms with Crippen LogP contribution >= 0.6 is 23.4 Å². The van der Waals surface area contributed by atoms with E-state index in [-0.39, 0.29) is 6.42 Å². The van der Waals surface area contributed by atoms with Crippen LogP contribution < -0.4 is 10.7 Å². The summed E-state index contributed by atoms with van der Waals surface area (Å²) in [5.74, 6) is -0.371. The van der Waals surface area contributed by atoms with E-state index in [2.05, 4.69) is 10.7 Å². The minimum atomic E-state index is -1.16. The molecule has 28 heavy (non-hydrogen) atoms. The van der Waals surface area contributed by atoms with Crippen LogP contribution in [0.5, 0.6) is 0 Å². The first-order valence-corrected chi connectivity index (χ1v) is 10.2. The Hall–Kier alpha value is -2.51. The standard InChI is InChI=1S/C20H20ClN3O3S/c1-2-20(14-6-4-3-5-7-14)18(26)24(19(27)22-20)23-17(25)12-13-28-16-10-8-15(21)9-11-16/h3-11H,2,12-13H2,1H3,(H,22,27)(H,23,25)/t20-/m0/s1. The van der Waals surface area contributed by atoms with E-state index in [4.69, 9.17) is 11.6 Å². The summed E-state index contributed by atoms with van der Waals surface area (Å²) < 4.78 is 0. The Kier molecular flexibility index (Phi) is 6.26. The van der Waals surface area contributed by atoms with Crippen molar-refractivity contribution in [3.63, 3.8) is 0 Å². The van der Waals surface area contributed by atoms with Crippen LogP contribution in [0.15, 0.2) is 59.5 Å². The summed E-state index contributed by atoms with van der Waals surface area (Å²) in [7, 11) is 0. The lowest BCUT2D eigenvalue weighted by Gasteiger charge is -2.25. The number of imide groups is 1. The van der Waals surface area contributed by atoms with E-state index in [0.717, 1.165) is 9.90 Å². The second-order valence-electron chi connectivity index (χ2n) is 6.28. The number of carbonyl (C=O) groups is 3. The lowest BCUT2D eigenvalue weighted by molar-refractivity contribution is -0.139. The number of hydrazine groups is 1. The topological polar surface area (TPSA) is 78.5 Å². The molecule has 1 saturated heterocycles. The second kappa shape index (κ2) is 8.67. The van der Waals surface area contributed by atoms with Gasteiger partial charge in [0.1, 0.15) is 5.54 Å². The number of amides is 4. The Morgan fingerprint density at radius 3 is 2.46 bits per heavy atom. The summed E-state index contributed by atoms with van der Waals surface area (Å²) in [5.41, 5.74) is 1.95. The average molecular weight is 418 g/mol. The minimum absolute atomic E-state index is 0.162. The number of nitrogens with one attached hydrogen (secondary N) is 2. The van der Waals surface area contributed by atoms with Crippen LogP contribution in [0.25, 0.3) is 0 Å². The molecule has 146 valence electrons. The van der Waals surface area contributed by atoms with Gasteiger partial charge in [0.2, 0.25) is 5.91 Å². The monoisotopic (exact) mass is 417 g/mol. The fourth-order valence-corrected chi connectivity index (χ4v) is 3.99. The van der Waals surface area contributed by atoms with Crippen molar-refractivity contribution < 1.29 is 14.4 Å². The van der Waals surface area contributed by atoms with Gasteiger partial charge in [-0.25, -0.2) is 4.79 Å². The van der Waals surface area contributed by atoms with Crippen molar-refractivity contribution in [2.75, 3.05) is 5.75 Å². The molecule has 3 rings (SSSR count). The molecule has 1 atom stereocenters. The van der Waals surface area contributed by atoms with Gasteiger partial charge < -0.3 is 5.32 Å². The van der Waals surface area contributed by atoms with Crippen LogP contribution in [0, 0.1) is 0 Å². The Balaban J connectivity index is 1.60. The van der Waals surface area contributed by atoms with Gasteiger partial charge >= 0.3 is 6.03 Å². The summed E-state index contributed by atoms with van der Waals surface area (Å²) in [6.45, 7) is 1.82. The first-order valence-electron chi connectivity index (χ1n) is 8.86. The highest BCUT2D eigenvalue weighted by molar-refractivity contribution is 7.99. The smallest absolute Gasteiger partial charge is 0.318 e. The van der Waals surface area contributed by atoms with Crippen molar-refractivity contribution in [2.45, 2.75) is 30.2 Å². The van der Waals surface area contributed by atoms with Gasteiger partial charge in [-0.15, -0.1) is 11.8 Å². The number of thioether (sulfide) groups is 1. The molecule has 0 aromatic heterocycles. The summed E-state index contributed by atoms with van der Waals surface area (Å²) in [4.78, 5) is 38.5. The predicted molar refractivity (Wildman–Crippen MR) is 109 cm³/mol. The van der Waals surface area contributed by atoms with E-state index in [0.29, 0.717) is 22.8 Å². The van der Waals surface area contributed by atoms with Gasteiger partial charge in [0, 0.05) is 22.1 Å². The van der Waals surface area contributed by atoms with Gasteiger partial charge in [-0.2, -0.15) is 5.01 Å². The van der Waals surface area contributed by atoms with Crippen LogP contribution in [0.2, 0.25) is 5.02 Å². The molecule has 6 nitrogen and oxygen atoms in total. The Morgan fingerprint density at radius 1 is 1.14 bits per heavy atom. The lowest BCUT2D eigenvalue weighted by atomic mass is 9.87. The molecule has 0 saturated carbocycles. The zero-order valence-corrected chi connectivity index (χ0v) is 16.8. The number of hydrogen-bond donors (Lipinski definition) is 2. The van der Waals surface area contributed by atoms with E-state index >= 15 is 0 Å². The van der Waals surface area contributed by atoms with Crippen LogP contribution in [0.3, 0.4) is 0 Å². The molecule has 2 N–H and O–H groups in total. The fraction of sp³-hybridized carbons (Fsp3) is 0.250. The molecule has 4 amide bonds. The maximum absolute atomic E-state index is 12.9. The zero-order valence-electron chi connectivity index (χ0n) is 15.3. The number of carbonyl (C=O) groups excluding carboxylic acids is 3. The van der Waals surface area contributed by atoms with E-state index < -0.39 is 23.4 Å². The normalized spacial score (nSPS) is 18.9. The Bertz CT molecular complexity index is 876. The third-order valence-electron chi connectivity index (χ3n) is 4.54. The molecule has 0 radical (unpaired) electrons. The van der Waals surface area contributed by atoms with Gasteiger partial charge in [-0.1, -0.05) is 48.9 Å². The number of benzene rings is 2. The molecule has 1 fully saturated rings. The number of halogens is 1. The zero-order chi connectivity index (χ0) is 20.1. The molecular formula is C20H20ClN3O3S. The van der Waals surface area contributed by atoms with Gasteiger partial charge in [-0.05, 0) is 36.2 Å². The highest BCUT2D eigenvalue weighted by atomic mass is 35.5. The molecule has 2 aromatic rings. The van der Waals surface area contributed by atoms with Gasteiger partial charge in [0.15, 0.2) is 0 Å². The van der Waals surface area contributed by atoms with E-state index in [9.17, 15) is 14.4 Å². The third-order valence-corrected chi connectivity index (χ3v) is 5.80. The van der Waals surface area contributed by atoms with Crippen LogP contribution in [0.1, 0.15) is 25.3 Å². The van der Waals surface area contributed by atoms with E-state index in [1.807, 2.05) is 25.1 Å². The highest BCUT2D eigenvalue weighted by Crippen LogP contribution is 2.31. The summed E-state index contributed by atoms with van der Waals surface area (Å²) in [6.07, 6.45) is 0.537. The van der Waals surface area contributed by atoms with Crippen LogP contribution in [0.4, 0.5) is 4.79 Å². The van der Waals surface area contributed by atoms with Gasteiger partial charge in [-0.3, -0.25) is 15.0 Å². The Morgan fingerprint density at radius 2 is 1.82 bits per heavy atom. The van der Waals surface area contributed by atoms with Crippen molar-refractivity contribution >= 4 is 41.2 Å².